The third-order valence-corrected chi connectivity index (χ3v) is 9.95. The minimum atomic E-state index is 0.0552. The van der Waals surface area contributed by atoms with Crippen molar-refractivity contribution >= 4 is 64.6 Å². The largest absolute Gasteiger partial charge is 0.0622 e. The Balaban J connectivity index is 1.59. The first-order valence-electron chi connectivity index (χ1n) is 16.3. The van der Waals surface area contributed by atoms with Crippen LogP contribution in [0, 0.1) is 0 Å². The molecule has 9 aromatic rings. The first kappa shape index (κ1) is 26.9. The summed E-state index contributed by atoms with van der Waals surface area (Å²) in [5, 5.41) is 15.6. The normalized spacial score (nSPS) is 12.2. The van der Waals surface area contributed by atoms with E-state index in [0.29, 0.717) is 0 Å². The van der Waals surface area contributed by atoms with Gasteiger partial charge in [-0.1, -0.05) is 154 Å². The maximum atomic E-state index is 2.51. The lowest BCUT2D eigenvalue weighted by atomic mass is 9.81. The van der Waals surface area contributed by atoms with Gasteiger partial charge in [0.1, 0.15) is 0 Å². The highest BCUT2D eigenvalue weighted by Crippen LogP contribution is 2.48. The van der Waals surface area contributed by atoms with Crippen molar-refractivity contribution in [1.29, 1.82) is 0 Å². The standard InChI is InChI=1S/C46H34/c1-46(2,3)32-23-25-34-38(26-32)37-24-22-29-14-10-11-19-33(29)45(37)40-28-42-41(27-39(34)40)43(30-15-6-4-7-16-30)35-20-12-13-21-36(35)44(42)31-17-8-5-9-18-31/h4-28H,1-3H3. The summed E-state index contributed by atoms with van der Waals surface area (Å²) in [7, 11) is 0. The molecule has 0 aliphatic heterocycles. The van der Waals surface area contributed by atoms with E-state index in [1.807, 2.05) is 0 Å². The van der Waals surface area contributed by atoms with E-state index in [4.69, 9.17) is 0 Å². The van der Waals surface area contributed by atoms with Gasteiger partial charge in [-0.3, -0.25) is 0 Å². The Morgan fingerprint density at radius 3 is 1.43 bits per heavy atom. The number of hydrogen-bond acceptors (Lipinski definition) is 0. The first-order chi connectivity index (χ1) is 22.5. The average molecular weight is 587 g/mol. The van der Waals surface area contributed by atoms with Crippen LogP contribution in [0.2, 0.25) is 0 Å². The molecule has 0 saturated heterocycles. The predicted octanol–water partition coefficient (Wildman–Crippen LogP) is 13.2. The molecule has 9 aromatic carbocycles. The zero-order valence-electron chi connectivity index (χ0n) is 26.4. The molecule has 0 fully saturated rings. The quantitative estimate of drug-likeness (QED) is 0.140. The Kier molecular flexibility index (Phi) is 5.86. The zero-order valence-corrected chi connectivity index (χ0v) is 26.4. The molecule has 0 bridgehead atoms. The molecular weight excluding hydrogens is 553 g/mol. The lowest BCUT2D eigenvalue weighted by Crippen LogP contribution is -2.10. The Labute approximate surface area is 269 Å². The summed E-state index contributed by atoms with van der Waals surface area (Å²) >= 11 is 0. The molecular formula is C46H34. The van der Waals surface area contributed by atoms with E-state index in [2.05, 4.69) is 172 Å². The summed E-state index contributed by atoms with van der Waals surface area (Å²) in [5.74, 6) is 0. The number of benzene rings is 9. The van der Waals surface area contributed by atoms with E-state index in [-0.39, 0.29) is 5.41 Å². The molecule has 0 radical (unpaired) electrons. The predicted molar refractivity (Wildman–Crippen MR) is 201 cm³/mol. The number of hydrogen-bond donors (Lipinski definition) is 0. The second-order valence-corrected chi connectivity index (χ2v) is 13.7. The number of fused-ring (bicyclic) bond motifs is 10. The maximum absolute atomic E-state index is 2.51. The molecule has 0 unspecified atom stereocenters. The van der Waals surface area contributed by atoms with Crippen molar-refractivity contribution in [2.45, 2.75) is 26.2 Å². The maximum Gasteiger partial charge on any atom is -0.00201 e. The van der Waals surface area contributed by atoms with Crippen LogP contribution in [0.5, 0.6) is 0 Å². The van der Waals surface area contributed by atoms with E-state index in [9.17, 15) is 0 Å². The molecule has 0 atom stereocenters. The molecule has 0 amide bonds. The summed E-state index contributed by atoms with van der Waals surface area (Å²) in [6.45, 7) is 6.92. The van der Waals surface area contributed by atoms with Gasteiger partial charge < -0.3 is 0 Å². The molecule has 0 nitrogen and oxygen atoms in total. The van der Waals surface area contributed by atoms with Gasteiger partial charge in [-0.05, 0) is 116 Å². The zero-order chi connectivity index (χ0) is 31.0. The van der Waals surface area contributed by atoms with E-state index < -0.39 is 0 Å². The molecule has 0 aromatic heterocycles. The molecule has 0 heterocycles. The van der Waals surface area contributed by atoms with Crippen molar-refractivity contribution in [2.75, 3.05) is 0 Å². The van der Waals surface area contributed by atoms with E-state index in [0.717, 1.165) is 0 Å². The van der Waals surface area contributed by atoms with Gasteiger partial charge in [0, 0.05) is 0 Å². The van der Waals surface area contributed by atoms with Gasteiger partial charge in [-0.15, -0.1) is 0 Å². The summed E-state index contributed by atoms with van der Waals surface area (Å²) in [4.78, 5) is 0. The van der Waals surface area contributed by atoms with Crippen LogP contribution in [0.15, 0.2) is 152 Å². The van der Waals surface area contributed by atoms with Crippen LogP contribution < -0.4 is 0 Å². The first-order valence-corrected chi connectivity index (χ1v) is 16.3. The van der Waals surface area contributed by atoms with E-state index >= 15 is 0 Å². The number of rotatable bonds is 2. The van der Waals surface area contributed by atoms with Crippen LogP contribution in [-0.2, 0) is 5.41 Å². The topological polar surface area (TPSA) is 0 Å². The fraction of sp³-hybridized carbons (Fsp3) is 0.0870. The third kappa shape index (κ3) is 4.00. The van der Waals surface area contributed by atoms with Gasteiger partial charge in [0.15, 0.2) is 0 Å². The van der Waals surface area contributed by atoms with Crippen molar-refractivity contribution in [2.24, 2.45) is 0 Å². The van der Waals surface area contributed by atoms with Crippen molar-refractivity contribution in [3.63, 3.8) is 0 Å². The molecule has 0 heteroatoms. The average Bonchev–Trinajstić information content (AvgIpc) is 3.09. The van der Waals surface area contributed by atoms with E-state index in [1.54, 1.807) is 0 Å². The molecule has 0 aliphatic carbocycles. The lowest BCUT2D eigenvalue weighted by molar-refractivity contribution is 0.591. The molecule has 0 spiro atoms. The minimum Gasteiger partial charge on any atom is -0.0622 e. The van der Waals surface area contributed by atoms with Gasteiger partial charge in [-0.2, -0.15) is 0 Å². The van der Waals surface area contributed by atoms with E-state index in [1.165, 1.54) is 92.5 Å². The molecule has 9 rings (SSSR count). The van der Waals surface area contributed by atoms with Gasteiger partial charge in [0.05, 0.1) is 0 Å². The smallest absolute Gasteiger partial charge is 0.00201 e. The van der Waals surface area contributed by atoms with Crippen LogP contribution in [0.3, 0.4) is 0 Å². The summed E-state index contributed by atoms with van der Waals surface area (Å²) < 4.78 is 0. The van der Waals surface area contributed by atoms with Crippen molar-refractivity contribution in [3.05, 3.63) is 157 Å². The molecule has 46 heavy (non-hydrogen) atoms. The second kappa shape index (κ2) is 10.0. The van der Waals surface area contributed by atoms with Gasteiger partial charge in [0.2, 0.25) is 0 Å². The summed E-state index contributed by atoms with van der Waals surface area (Å²) in [6, 6.07) is 56.6. The molecule has 218 valence electrons. The van der Waals surface area contributed by atoms with Crippen molar-refractivity contribution in [1.82, 2.24) is 0 Å². The summed E-state index contributed by atoms with van der Waals surface area (Å²) in [6.07, 6.45) is 0. The molecule has 0 N–H and O–H groups in total. The van der Waals surface area contributed by atoms with Crippen molar-refractivity contribution < 1.29 is 0 Å². The van der Waals surface area contributed by atoms with Crippen LogP contribution >= 0.6 is 0 Å². The Morgan fingerprint density at radius 1 is 0.326 bits per heavy atom. The SMILES string of the molecule is CC(C)(C)c1ccc2c(c1)c1ccc3ccccc3c1c1cc3c(-c4ccccc4)c4ccccc4c(-c4ccccc4)c3cc21. The van der Waals surface area contributed by atoms with Crippen LogP contribution in [-0.4, -0.2) is 0 Å². The van der Waals surface area contributed by atoms with Crippen LogP contribution in [0.25, 0.3) is 86.9 Å². The Hall–Kier alpha value is -5.46. The Bertz CT molecular complexity index is 2640. The highest BCUT2D eigenvalue weighted by atomic mass is 14.2. The Morgan fingerprint density at radius 2 is 0.826 bits per heavy atom. The fourth-order valence-electron chi connectivity index (χ4n) is 7.74. The van der Waals surface area contributed by atoms with Gasteiger partial charge in [0.25, 0.3) is 0 Å². The highest BCUT2D eigenvalue weighted by Gasteiger charge is 2.21. The van der Waals surface area contributed by atoms with Crippen LogP contribution in [0.1, 0.15) is 26.3 Å². The van der Waals surface area contributed by atoms with Gasteiger partial charge >= 0.3 is 0 Å². The second-order valence-electron chi connectivity index (χ2n) is 13.7. The summed E-state index contributed by atoms with van der Waals surface area (Å²) in [5.41, 5.74) is 6.49. The fourth-order valence-corrected chi connectivity index (χ4v) is 7.74. The van der Waals surface area contributed by atoms with Crippen molar-refractivity contribution in [3.8, 4) is 22.3 Å². The highest BCUT2D eigenvalue weighted by molar-refractivity contribution is 6.35. The van der Waals surface area contributed by atoms with Gasteiger partial charge in [-0.25, -0.2) is 0 Å². The lowest BCUT2D eigenvalue weighted by Gasteiger charge is -2.22. The van der Waals surface area contributed by atoms with Crippen LogP contribution in [0.4, 0.5) is 0 Å². The minimum absolute atomic E-state index is 0.0552. The third-order valence-electron chi connectivity index (χ3n) is 9.95. The monoisotopic (exact) mass is 586 g/mol. The molecule has 0 saturated carbocycles. The molecule has 0 aliphatic rings.